The number of rotatable bonds is 13. The predicted octanol–water partition coefficient (Wildman–Crippen LogP) is 10.4. The number of carbonyl (C=O) groups is 1. The van der Waals surface area contributed by atoms with E-state index in [1.165, 1.54) is 83.5 Å². The van der Waals surface area contributed by atoms with E-state index < -0.39 is 5.38 Å². The third-order valence-corrected chi connectivity index (χ3v) is 12.2. The van der Waals surface area contributed by atoms with Crippen molar-refractivity contribution in [2.75, 3.05) is 0 Å². The van der Waals surface area contributed by atoms with Crippen molar-refractivity contribution >= 4 is 17.6 Å². The van der Waals surface area contributed by atoms with Crippen molar-refractivity contribution in [1.29, 1.82) is 0 Å². The van der Waals surface area contributed by atoms with Gasteiger partial charge in [-0.05, 0) is 92.3 Å². The molecule has 0 radical (unpaired) electrons. The van der Waals surface area contributed by atoms with E-state index in [1.807, 2.05) is 0 Å². The first-order valence-corrected chi connectivity index (χ1v) is 16.8. The lowest BCUT2D eigenvalue weighted by molar-refractivity contribution is -0.151. The molecular formula is C34H57ClO2. The number of alkyl halides is 1. The molecule has 8 atom stereocenters. The van der Waals surface area contributed by atoms with Gasteiger partial charge in [-0.3, -0.25) is 4.79 Å². The molecule has 0 heterocycles. The molecule has 0 N–H and O–H groups in total. The summed E-state index contributed by atoms with van der Waals surface area (Å²) in [5.74, 6) is 3.38. The Morgan fingerprint density at radius 2 is 1.68 bits per heavy atom. The minimum Gasteiger partial charge on any atom is -0.461 e. The molecule has 2 nitrogen and oxygen atoms in total. The lowest BCUT2D eigenvalue weighted by Gasteiger charge is -2.58. The van der Waals surface area contributed by atoms with Gasteiger partial charge in [0.15, 0.2) is 0 Å². The third kappa shape index (κ3) is 6.47. The van der Waals surface area contributed by atoms with Crippen LogP contribution < -0.4 is 0 Å². The van der Waals surface area contributed by atoms with Gasteiger partial charge < -0.3 is 4.74 Å². The molecule has 4 rings (SSSR count). The van der Waals surface area contributed by atoms with Crippen LogP contribution in [-0.4, -0.2) is 17.5 Å². The molecule has 0 spiro atoms. The highest BCUT2D eigenvalue weighted by Gasteiger charge is 2.58. The van der Waals surface area contributed by atoms with Crippen LogP contribution in [0.15, 0.2) is 11.6 Å². The zero-order valence-electron chi connectivity index (χ0n) is 24.7. The van der Waals surface area contributed by atoms with Gasteiger partial charge >= 0.3 is 5.97 Å². The molecule has 0 unspecified atom stereocenters. The fourth-order valence-electron chi connectivity index (χ4n) is 9.41. The van der Waals surface area contributed by atoms with Crippen molar-refractivity contribution in [2.45, 2.75) is 161 Å². The van der Waals surface area contributed by atoms with Gasteiger partial charge in [0.1, 0.15) is 11.5 Å². The third-order valence-electron chi connectivity index (χ3n) is 11.8. The average molecular weight is 533 g/mol. The number of fused-ring (bicyclic) bond motifs is 5. The summed E-state index contributed by atoms with van der Waals surface area (Å²) in [5, 5.41) is -0.479. The normalized spacial score (nSPS) is 37.8. The molecule has 3 fully saturated rings. The summed E-state index contributed by atoms with van der Waals surface area (Å²) in [4.78, 5) is 12.6. The molecule has 0 aromatic carbocycles. The fourth-order valence-corrected chi connectivity index (χ4v) is 9.62. The van der Waals surface area contributed by atoms with E-state index >= 15 is 0 Å². The molecule has 0 aliphatic heterocycles. The van der Waals surface area contributed by atoms with Crippen LogP contribution in [0, 0.1) is 34.5 Å². The van der Waals surface area contributed by atoms with Crippen LogP contribution in [0.4, 0.5) is 0 Å². The van der Waals surface area contributed by atoms with Gasteiger partial charge in [-0.25, -0.2) is 0 Å². The highest BCUT2D eigenvalue weighted by molar-refractivity contribution is 6.29. The van der Waals surface area contributed by atoms with Crippen LogP contribution in [-0.2, 0) is 9.53 Å². The smallest absolute Gasteiger partial charge is 0.324 e. The lowest BCUT2D eigenvalue weighted by atomic mass is 9.47. The predicted molar refractivity (Wildman–Crippen MR) is 157 cm³/mol. The van der Waals surface area contributed by atoms with Crippen LogP contribution in [0.2, 0.25) is 0 Å². The van der Waals surface area contributed by atoms with Gasteiger partial charge in [0, 0.05) is 6.42 Å². The van der Waals surface area contributed by atoms with E-state index in [-0.39, 0.29) is 12.1 Å². The first-order valence-electron chi connectivity index (χ1n) is 16.4. The molecule has 0 bridgehead atoms. The SMILES string of the molecule is CCCCCCCC[C@@H]1CC[C@@H]2[C@@H]3CC=C4C[C@@H](OC(=O)[C@H](Cl)CCCCC)CC[C@]4(C)[C@@H]3CC[C@]12C. The van der Waals surface area contributed by atoms with Crippen molar-refractivity contribution in [2.24, 2.45) is 34.5 Å². The molecule has 37 heavy (non-hydrogen) atoms. The van der Waals surface area contributed by atoms with Crippen molar-refractivity contribution in [1.82, 2.24) is 0 Å². The second-order valence-electron chi connectivity index (χ2n) is 13.9. The Morgan fingerprint density at radius 3 is 2.46 bits per heavy atom. The Hall–Kier alpha value is -0.500. The summed E-state index contributed by atoms with van der Waals surface area (Å²) in [6.07, 6.45) is 26.8. The summed E-state index contributed by atoms with van der Waals surface area (Å²) >= 11 is 6.39. The fraction of sp³-hybridized carbons (Fsp3) is 0.912. The highest BCUT2D eigenvalue weighted by Crippen LogP contribution is 2.66. The van der Waals surface area contributed by atoms with Crippen LogP contribution >= 0.6 is 11.6 Å². The zero-order chi connectivity index (χ0) is 26.5. The van der Waals surface area contributed by atoms with Crippen molar-refractivity contribution < 1.29 is 9.53 Å². The molecule has 0 saturated heterocycles. The lowest BCUT2D eigenvalue weighted by Crippen LogP contribution is -2.50. The number of ether oxygens (including phenoxy) is 1. The monoisotopic (exact) mass is 532 g/mol. The molecule has 4 aliphatic carbocycles. The summed E-state index contributed by atoms with van der Waals surface area (Å²) < 4.78 is 5.97. The Labute approximate surface area is 234 Å². The number of halogens is 1. The molecular weight excluding hydrogens is 476 g/mol. The molecule has 3 heteroatoms. The van der Waals surface area contributed by atoms with Crippen molar-refractivity contribution in [3.8, 4) is 0 Å². The summed E-state index contributed by atoms with van der Waals surface area (Å²) in [7, 11) is 0. The van der Waals surface area contributed by atoms with Crippen LogP contribution in [0.25, 0.3) is 0 Å². The van der Waals surface area contributed by atoms with Crippen molar-refractivity contribution in [3.05, 3.63) is 11.6 Å². The molecule has 0 amide bonds. The van der Waals surface area contributed by atoms with Gasteiger partial charge in [0.05, 0.1) is 0 Å². The van der Waals surface area contributed by atoms with Crippen LogP contribution in [0.5, 0.6) is 0 Å². The number of hydrogen-bond acceptors (Lipinski definition) is 2. The Kier molecular flexibility index (Phi) is 10.5. The first kappa shape index (κ1) is 29.5. The summed E-state index contributed by atoms with van der Waals surface area (Å²) in [6.45, 7) is 9.74. The van der Waals surface area contributed by atoms with Gasteiger partial charge in [0.2, 0.25) is 0 Å². The van der Waals surface area contributed by atoms with E-state index in [0.29, 0.717) is 10.8 Å². The van der Waals surface area contributed by atoms with Gasteiger partial charge in [0.25, 0.3) is 0 Å². The van der Waals surface area contributed by atoms with Gasteiger partial charge in [-0.1, -0.05) is 97.1 Å². The van der Waals surface area contributed by atoms with E-state index in [4.69, 9.17) is 16.3 Å². The summed E-state index contributed by atoms with van der Waals surface area (Å²) in [5.41, 5.74) is 2.48. The van der Waals surface area contributed by atoms with E-state index in [1.54, 1.807) is 5.57 Å². The second-order valence-corrected chi connectivity index (χ2v) is 14.4. The Morgan fingerprint density at radius 1 is 0.946 bits per heavy atom. The summed E-state index contributed by atoms with van der Waals surface area (Å²) in [6, 6.07) is 0. The van der Waals surface area contributed by atoms with Crippen molar-refractivity contribution in [3.63, 3.8) is 0 Å². The average Bonchev–Trinajstić information content (AvgIpc) is 3.22. The number of unbranched alkanes of at least 4 members (excludes halogenated alkanes) is 7. The molecule has 0 aromatic heterocycles. The van der Waals surface area contributed by atoms with E-state index in [2.05, 4.69) is 33.8 Å². The molecule has 3 saturated carbocycles. The number of carbonyl (C=O) groups excluding carboxylic acids is 1. The topological polar surface area (TPSA) is 26.3 Å². The number of hydrogen-bond donors (Lipinski definition) is 0. The maximum atomic E-state index is 12.6. The largest absolute Gasteiger partial charge is 0.461 e. The number of allylic oxidation sites excluding steroid dienone is 1. The second kappa shape index (κ2) is 13.2. The minimum atomic E-state index is -0.479. The van der Waals surface area contributed by atoms with E-state index in [0.717, 1.165) is 62.2 Å². The van der Waals surface area contributed by atoms with Gasteiger partial charge in [-0.15, -0.1) is 11.6 Å². The molecule has 4 aliphatic rings. The molecule has 212 valence electrons. The Balaban J connectivity index is 1.32. The zero-order valence-corrected chi connectivity index (χ0v) is 25.4. The van der Waals surface area contributed by atoms with Gasteiger partial charge in [-0.2, -0.15) is 0 Å². The maximum Gasteiger partial charge on any atom is 0.324 e. The maximum absolute atomic E-state index is 12.6. The standard InChI is InChI=1S/C34H57ClO2/c1-5-7-9-10-11-13-14-25-17-19-29-28-18-16-26-24-27(37-32(36)31(35)15-12-8-6-2)20-22-34(26,4)30(28)21-23-33(25,29)3/h16,25,27-31H,5-15,17-24H2,1-4H3/t25-,27+,28+,29-,30-,31-,33-,34+/m1/s1. The van der Waals surface area contributed by atoms with E-state index in [9.17, 15) is 4.79 Å². The van der Waals surface area contributed by atoms with Crippen LogP contribution in [0.1, 0.15) is 150 Å². The van der Waals surface area contributed by atoms with Crippen LogP contribution in [0.3, 0.4) is 0 Å². The minimum absolute atomic E-state index is 0.0258. The first-order chi connectivity index (χ1) is 17.8. The number of esters is 1. The Bertz CT molecular complexity index is 776. The molecule has 0 aromatic rings. The quantitative estimate of drug-likeness (QED) is 0.102. The highest BCUT2D eigenvalue weighted by atomic mass is 35.5.